The first-order chi connectivity index (χ1) is 8.32. The highest BCUT2D eigenvalue weighted by Crippen LogP contribution is 2.15. The third kappa shape index (κ3) is 5.12. The number of amides is 1. The van der Waals surface area contributed by atoms with Gasteiger partial charge in [0.15, 0.2) is 5.13 Å². The summed E-state index contributed by atoms with van der Waals surface area (Å²) in [5, 5.41) is 5.36. The maximum atomic E-state index is 11.8. The van der Waals surface area contributed by atoms with Gasteiger partial charge in [-0.15, -0.1) is 11.3 Å². The van der Waals surface area contributed by atoms with E-state index in [1.54, 1.807) is 0 Å². The Hall–Kier alpha value is -0.980. The van der Waals surface area contributed by atoms with Gasteiger partial charge in [0.05, 0.1) is 12.2 Å². The Morgan fingerprint density at radius 2 is 2.28 bits per heavy atom. The third-order valence-corrected chi connectivity index (χ3v) is 3.40. The van der Waals surface area contributed by atoms with Crippen molar-refractivity contribution in [2.75, 3.05) is 32.0 Å². The largest absolute Gasteiger partial charge is 0.330 e. The predicted molar refractivity (Wildman–Crippen MR) is 75.8 cm³/mol. The van der Waals surface area contributed by atoms with Crippen molar-refractivity contribution in [2.45, 2.75) is 20.8 Å². The number of rotatable bonds is 6. The van der Waals surface area contributed by atoms with Crippen LogP contribution in [-0.4, -0.2) is 42.5 Å². The van der Waals surface area contributed by atoms with Crippen LogP contribution in [0.15, 0.2) is 5.38 Å². The van der Waals surface area contributed by atoms with Crippen molar-refractivity contribution in [1.29, 1.82) is 0 Å². The average Bonchev–Trinajstić information content (AvgIpc) is 2.62. The van der Waals surface area contributed by atoms with E-state index in [2.05, 4.69) is 24.1 Å². The van der Waals surface area contributed by atoms with Crippen molar-refractivity contribution < 1.29 is 4.79 Å². The molecule has 1 amide bonds. The van der Waals surface area contributed by atoms with Gasteiger partial charge >= 0.3 is 0 Å². The van der Waals surface area contributed by atoms with E-state index in [-0.39, 0.29) is 11.3 Å². The lowest BCUT2D eigenvalue weighted by Crippen LogP contribution is -2.40. The van der Waals surface area contributed by atoms with Crippen molar-refractivity contribution in [3.05, 3.63) is 11.1 Å². The first-order valence-corrected chi connectivity index (χ1v) is 6.81. The summed E-state index contributed by atoms with van der Waals surface area (Å²) in [5.41, 5.74) is 6.62. The second-order valence-corrected chi connectivity index (χ2v) is 6.24. The number of hydrogen-bond acceptors (Lipinski definition) is 5. The summed E-state index contributed by atoms with van der Waals surface area (Å²) in [6.45, 7) is 7.82. The normalized spacial score (nSPS) is 11.9. The predicted octanol–water partition coefficient (Wildman–Crippen LogP) is 1.31. The molecule has 0 aromatic carbocycles. The molecule has 0 aliphatic carbocycles. The Morgan fingerprint density at radius 3 is 2.78 bits per heavy atom. The van der Waals surface area contributed by atoms with E-state index >= 15 is 0 Å². The van der Waals surface area contributed by atoms with E-state index in [4.69, 9.17) is 5.73 Å². The van der Waals surface area contributed by atoms with Gasteiger partial charge in [-0.3, -0.25) is 9.69 Å². The van der Waals surface area contributed by atoms with Crippen molar-refractivity contribution in [1.82, 2.24) is 9.88 Å². The van der Waals surface area contributed by atoms with Gasteiger partial charge in [0.1, 0.15) is 0 Å². The zero-order valence-corrected chi connectivity index (χ0v) is 12.3. The fourth-order valence-corrected chi connectivity index (χ4v) is 2.37. The monoisotopic (exact) mass is 270 g/mol. The number of carbonyl (C=O) groups is 1. The van der Waals surface area contributed by atoms with Crippen LogP contribution >= 0.6 is 11.3 Å². The van der Waals surface area contributed by atoms with Gasteiger partial charge in [-0.1, -0.05) is 13.8 Å². The van der Waals surface area contributed by atoms with E-state index in [0.29, 0.717) is 18.2 Å². The Balaban J connectivity index is 2.40. The summed E-state index contributed by atoms with van der Waals surface area (Å²) < 4.78 is 0. The standard InChI is InChI=1S/C12H22N4OS/c1-9-6-18-11(14-9)15-10(17)5-16(4)8-12(2,3)7-13/h6H,5,7-8,13H2,1-4H3,(H,14,15,17). The molecule has 3 N–H and O–H groups in total. The quantitative estimate of drug-likeness (QED) is 0.817. The topological polar surface area (TPSA) is 71.2 Å². The van der Waals surface area contributed by atoms with Crippen LogP contribution in [0.2, 0.25) is 0 Å². The minimum absolute atomic E-state index is 0.0206. The SMILES string of the molecule is Cc1csc(NC(=O)CN(C)CC(C)(C)CN)n1. The van der Waals surface area contributed by atoms with Crippen LogP contribution < -0.4 is 11.1 Å². The van der Waals surface area contributed by atoms with Crippen LogP contribution in [0.5, 0.6) is 0 Å². The zero-order chi connectivity index (χ0) is 13.8. The first-order valence-electron chi connectivity index (χ1n) is 5.93. The molecular formula is C12H22N4OS. The molecule has 0 unspecified atom stereocenters. The maximum Gasteiger partial charge on any atom is 0.240 e. The molecule has 0 aliphatic rings. The number of nitrogens with zero attached hydrogens (tertiary/aromatic N) is 2. The van der Waals surface area contributed by atoms with Gasteiger partial charge in [-0.2, -0.15) is 0 Å². The average molecular weight is 270 g/mol. The lowest BCUT2D eigenvalue weighted by atomic mass is 9.93. The highest BCUT2D eigenvalue weighted by molar-refractivity contribution is 7.13. The highest BCUT2D eigenvalue weighted by Gasteiger charge is 2.19. The van der Waals surface area contributed by atoms with E-state index < -0.39 is 0 Å². The van der Waals surface area contributed by atoms with Gasteiger partial charge in [-0.25, -0.2) is 4.98 Å². The Morgan fingerprint density at radius 1 is 1.61 bits per heavy atom. The lowest BCUT2D eigenvalue weighted by molar-refractivity contribution is -0.117. The van der Waals surface area contributed by atoms with Crippen LogP contribution in [0.3, 0.4) is 0 Å². The molecule has 5 nitrogen and oxygen atoms in total. The van der Waals surface area contributed by atoms with Crippen molar-refractivity contribution in [2.24, 2.45) is 11.1 Å². The summed E-state index contributed by atoms with van der Waals surface area (Å²) >= 11 is 1.44. The van der Waals surface area contributed by atoms with Crippen LogP contribution in [-0.2, 0) is 4.79 Å². The van der Waals surface area contributed by atoms with Gasteiger partial charge < -0.3 is 11.1 Å². The second kappa shape index (κ2) is 6.26. The van der Waals surface area contributed by atoms with Gasteiger partial charge in [0, 0.05) is 11.9 Å². The molecule has 0 saturated carbocycles. The number of hydrogen-bond donors (Lipinski definition) is 2. The molecule has 1 rings (SSSR count). The molecule has 1 aromatic heterocycles. The number of carbonyl (C=O) groups excluding carboxylic acids is 1. The summed E-state index contributed by atoms with van der Waals surface area (Å²) in [5.74, 6) is -0.0420. The number of nitrogens with one attached hydrogen (secondary N) is 1. The Labute approximate surface area is 112 Å². The minimum atomic E-state index is -0.0420. The molecule has 6 heteroatoms. The molecular weight excluding hydrogens is 248 g/mol. The summed E-state index contributed by atoms with van der Waals surface area (Å²) in [6.07, 6.45) is 0. The molecule has 1 heterocycles. The van der Waals surface area contributed by atoms with E-state index in [1.165, 1.54) is 11.3 Å². The smallest absolute Gasteiger partial charge is 0.240 e. The minimum Gasteiger partial charge on any atom is -0.330 e. The molecule has 0 radical (unpaired) electrons. The molecule has 0 atom stereocenters. The Kier molecular flexibility index (Phi) is 5.25. The molecule has 0 aliphatic heterocycles. The summed E-state index contributed by atoms with van der Waals surface area (Å²) in [4.78, 5) is 18.0. The fraction of sp³-hybridized carbons (Fsp3) is 0.667. The second-order valence-electron chi connectivity index (χ2n) is 5.38. The molecule has 0 bridgehead atoms. The van der Waals surface area contributed by atoms with Crippen LogP contribution in [0, 0.1) is 12.3 Å². The summed E-state index contributed by atoms with van der Waals surface area (Å²) in [6, 6.07) is 0. The number of nitrogens with two attached hydrogens (primary N) is 1. The van der Waals surface area contributed by atoms with Crippen LogP contribution in [0.1, 0.15) is 19.5 Å². The van der Waals surface area contributed by atoms with Gasteiger partial charge in [0.2, 0.25) is 5.91 Å². The van der Waals surface area contributed by atoms with Crippen LogP contribution in [0.25, 0.3) is 0 Å². The molecule has 1 aromatic rings. The van der Waals surface area contributed by atoms with E-state index in [1.807, 2.05) is 24.3 Å². The maximum absolute atomic E-state index is 11.8. The fourth-order valence-electron chi connectivity index (χ4n) is 1.67. The first kappa shape index (κ1) is 15.1. The third-order valence-electron chi connectivity index (χ3n) is 2.53. The van der Waals surface area contributed by atoms with Gasteiger partial charge in [0.25, 0.3) is 0 Å². The van der Waals surface area contributed by atoms with Crippen LogP contribution in [0.4, 0.5) is 5.13 Å². The van der Waals surface area contributed by atoms with Crippen molar-refractivity contribution >= 4 is 22.4 Å². The van der Waals surface area contributed by atoms with E-state index in [0.717, 1.165) is 12.2 Å². The molecule has 0 saturated heterocycles. The number of aromatic nitrogens is 1. The number of aryl methyl sites for hydroxylation is 1. The van der Waals surface area contributed by atoms with Gasteiger partial charge in [-0.05, 0) is 25.9 Å². The lowest BCUT2D eigenvalue weighted by Gasteiger charge is -2.28. The van der Waals surface area contributed by atoms with Crippen molar-refractivity contribution in [3.8, 4) is 0 Å². The molecule has 102 valence electrons. The Bertz CT molecular complexity index is 403. The van der Waals surface area contributed by atoms with Crippen molar-refractivity contribution in [3.63, 3.8) is 0 Å². The molecule has 0 fully saturated rings. The molecule has 0 spiro atoms. The summed E-state index contributed by atoms with van der Waals surface area (Å²) in [7, 11) is 1.92. The number of thiazole rings is 1. The number of likely N-dealkylation sites (N-methyl/N-ethyl adjacent to an activating group) is 1. The highest BCUT2D eigenvalue weighted by atomic mass is 32.1. The molecule has 18 heavy (non-hydrogen) atoms. The zero-order valence-electron chi connectivity index (χ0n) is 11.5. The number of anilines is 1. The van der Waals surface area contributed by atoms with E-state index in [9.17, 15) is 4.79 Å².